The van der Waals surface area contributed by atoms with Gasteiger partial charge >= 0.3 is 0 Å². The average molecular weight is 276 g/mol. The third-order valence-corrected chi connectivity index (χ3v) is 3.72. The van der Waals surface area contributed by atoms with E-state index >= 15 is 0 Å². The number of allylic oxidation sites excluding steroid dienone is 4. The van der Waals surface area contributed by atoms with Gasteiger partial charge in [0.25, 0.3) is 0 Å². The molecular weight excluding hydrogens is 252 g/mol. The summed E-state index contributed by atoms with van der Waals surface area (Å²) in [6, 6.07) is 21.4. The predicted octanol–water partition coefficient (Wildman–Crippen LogP) is 6.09. The summed E-state index contributed by atoms with van der Waals surface area (Å²) < 4.78 is 0. The maximum absolute atomic E-state index is 2.40. The highest BCUT2D eigenvalue weighted by Crippen LogP contribution is 2.30. The van der Waals surface area contributed by atoms with Crippen LogP contribution in [0.25, 0.3) is 5.57 Å². The van der Waals surface area contributed by atoms with E-state index in [9.17, 15) is 0 Å². The maximum Gasteiger partial charge on any atom is 0.00502 e. The molecule has 0 aliphatic rings. The average Bonchev–Trinajstić information content (AvgIpc) is 2.52. The van der Waals surface area contributed by atoms with Gasteiger partial charge in [-0.15, -0.1) is 0 Å². The van der Waals surface area contributed by atoms with Crippen LogP contribution in [0.2, 0.25) is 0 Å². The normalized spacial score (nSPS) is 13.8. The van der Waals surface area contributed by atoms with E-state index in [1.165, 1.54) is 16.7 Å². The molecule has 2 aromatic rings. The van der Waals surface area contributed by atoms with E-state index in [1.54, 1.807) is 0 Å². The smallest absolute Gasteiger partial charge is 0.00502 e. The molecule has 1 atom stereocenters. The molecule has 0 nitrogen and oxygen atoms in total. The largest absolute Gasteiger partial charge is 0.0871 e. The van der Waals surface area contributed by atoms with E-state index in [2.05, 4.69) is 99.7 Å². The van der Waals surface area contributed by atoms with E-state index in [0.29, 0.717) is 11.8 Å². The first-order valence-corrected chi connectivity index (χ1v) is 7.67. The number of hydrogen-bond acceptors (Lipinski definition) is 0. The number of rotatable bonds is 5. The Morgan fingerprint density at radius 3 is 1.95 bits per heavy atom. The fourth-order valence-corrected chi connectivity index (χ4v) is 2.60. The molecule has 1 unspecified atom stereocenters. The molecule has 2 rings (SSSR count). The van der Waals surface area contributed by atoms with Crippen LogP contribution in [0.4, 0.5) is 0 Å². The van der Waals surface area contributed by atoms with Crippen LogP contribution in [-0.4, -0.2) is 0 Å². The molecule has 0 fully saturated rings. The van der Waals surface area contributed by atoms with Crippen LogP contribution in [-0.2, 0) is 0 Å². The molecule has 0 aliphatic heterocycles. The Kier molecular flexibility index (Phi) is 5.57. The summed E-state index contributed by atoms with van der Waals surface area (Å²) in [5, 5.41) is 0. The van der Waals surface area contributed by atoms with Gasteiger partial charge < -0.3 is 0 Å². The summed E-state index contributed by atoms with van der Waals surface area (Å²) in [6.07, 6.45) is 6.71. The SMILES string of the molecule is CC=C/C(=C\C(c1ccccc1)C(C)C)c1ccccc1. The molecule has 0 saturated carbocycles. The molecule has 0 N–H and O–H groups in total. The molecule has 0 bridgehead atoms. The van der Waals surface area contributed by atoms with Gasteiger partial charge in [-0.1, -0.05) is 92.7 Å². The van der Waals surface area contributed by atoms with Gasteiger partial charge in [-0.2, -0.15) is 0 Å². The standard InChI is InChI=1S/C21H24/c1-4-11-20(18-12-7-5-8-13-18)16-21(17(2)3)19-14-9-6-10-15-19/h4-17,21H,1-3H3/b11-4?,20-16+. The van der Waals surface area contributed by atoms with Gasteiger partial charge in [0, 0.05) is 5.92 Å². The van der Waals surface area contributed by atoms with Crippen LogP contribution in [0.15, 0.2) is 78.9 Å². The van der Waals surface area contributed by atoms with Gasteiger partial charge in [0.15, 0.2) is 0 Å². The summed E-state index contributed by atoms with van der Waals surface area (Å²) >= 11 is 0. The van der Waals surface area contributed by atoms with Gasteiger partial charge in [-0.05, 0) is 29.5 Å². The van der Waals surface area contributed by atoms with Crippen molar-refractivity contribution in [2.75, 3.05) is 0 Å². The molecule has 108 valence electrons. The monoisotopic (exact) mass is 276 g/mol. The minimum absolute atomic E-state index is 0.428. The Bertz CT molecular complexity index is 588. The van der Waals surface area contributed by atoms with E-state index in [4.69, 9.17) is 0 Å². The zero-order chi connectivity index (χ0) is 15.1. The topological polar surface area (TPSA) is 0 Å². The van der Waals surface area contributed by atoms with Crippen molar-refractivity contribution in [1.82, 2.24) is 0 Å². The zero-order valence-corrected chi connectivity index (χ0v) is 13.2. The van der Waals surface area contributed by atoms with Crippen molar-refractivity contribution in [1.29, 1.82) is 0 Å². The Morgan fingerprint density at radius 2 is 1.43 bits per heavy atom. The van der Waals surface area contributed by atoms with E-state index in [0.717, 1.165) is 0 Å². The highest BCUT2D eigenvalue weighted by Gasteiger charge is 2.14. The van der Waals surface area contributed by atoms with Crippen LogP contribution in [0.3, 0.4) is 0 Å². The van der Waals surface area contributed by atoms with Gasteiger partial charge in [-0.25, -0.2) is 0 Å². The van der Waals surface area contributed by atoms with Crippen LogP contribution in [0.1, 0.15) is 37.8 Å². The third kappa shape index (κ3) is 4.19. The van der Waals surface area contributed by atoms with Crippen molar-refractivity contribution in [3.63, 3.8) is 0 Å². The summed E-state index contributed by atoms with van der Waals surface area (Å²) in [4.78, 5) is 0. The third-order valence-electron chi connectivity index (χ3n) is 3.72. The Balaban J connectivity index is 2.43. The molecule has 0 amide bonds. The van der Waals surface area contributed by atoms with Crippen LogP contribution in [0.5, 0.6) is 0 Å². The minimum Gasteiger partial charge on any atom is -0.0871 e. The molecule has 0 spiro atoms. The van der Waals surface area contributed by atoms with Crippen molar-refractivity contribution in [2.24, 2.45) is 5.92 Å². The Morgan fingerprint density at radius 1 is 0.857 bits per heavy atom. The highest BCUT2D eigenvalue weighted by atomic mass is 14.2. The fraction of sp³-hybridized carbons (Fsp3) is 0.238. The highest BCUT2D eigenvalue weighted by molar-refractivity contribution is 5.74. The number of benzene rings is 2. The van der Waals surface area contributed by atoms with E-state index < -0.39 is 0 Å². The van der Waals surface area contributed by atoms with Gasteiger partial charge in [0.05, 0.1) is 0 Å². The first-order chi connectivity index (χ1) is 10.2. The lowest BCUT2D eigenvalue weighted by Gasteiger charge is -2.19. The second-order valence-corrected chi connectivity index (χ2v) is 5.67. The molecule has 0 saturated heterocycles. The molecule has 0 aliphatic carbocycles. The maximum atomic E-state index is 2.40. The lowest BCUT2D eigenvalue weighted by atomic mass is 9.85. The van der Waals surface area contributed by atoms with Crippen molar-refractivity contribution in [3.8, 4) is 0 Å². The molecular formula is C21H24. The fourth-order valence-electron chi connectivity index (χ4n) is 2.60. The summed E-state index contributed by atoms with van der Waals surface area (Å²) in [5.74, 6) is 0.994. The predicted molar refractivity (Wildman–Crippen MR) is 93.3 cm³/mol. The quantitative estimate of drug-likeness (QED) is 0.580. The van der Waals surface area contributed by atoms with Gasteiger partial charge in [0.2, 0.25) is 0 Å². The molecule has 0 heteroatoms. The van der Waals surface area contributed by atoms with Crippen LogP contribution >= 0.6 is 0 Å². The summed E-state index contributed by atoms with van der Waals surface area (Å²) in [7, 11) is 0. The van der Waals surface area contributed by atoms with Crippen molar-refractivity contribution < 1.29 is 0 Å². The molecule has 0 aromatic heterocycles. The first-order valence-electron chi connectivity index (χ1n) is 7.67. The molecule has 0 radical (unpaired) electrons. The Hall–Kier alpha value is -2.08. The van der Waals surface area contributed by atoms with Gasteiger partial charge in [-0.3, -0.25) is 0 Å². The summed E-state index contributed by atoms with van der Waals surface area (Å²) in [6.45, 7) is 6.64. The second-order valence-electron chi connectivity index (χ2n) is 5.67. The number of hydrogen-bond donors (Lipinski definition) is 0. The Labute approximate surface area is 128 Å². The van der Waals surface area contributed by atoms with Crippen LogP contribution in [0, 0.1) is 5.92 Å². The van der Waals surface area contributed by atoms with E-state index in [1.807, 2.05) is 0 Å². The molecule has 0 heterocycles. The van der Waals surface area contributed by atoms with Crippen molar-refractivity contribution in [3.05, 3.63) is 90.0 Å². The van der Waals surface area contributed by atoms with Crippen molar-refractivity contribution >= 4 is 5.57 Å². The lowest BCUT2D eigenvalue weighted by Crippen LogP contribution is -2.04. The zero-order valence-electron chi connectivity index (χ0n) is 13.2. The van der Waals surface area contributed by atoms with Gasteiger partial charge in [0.1, 0.15) is 0 Å². The van der Waals surface area contributed by atoms with E-state index in [-0.39, 0.29) is 0 Å². The summed E-state index contributed by atoms with van der Waals surface area (Å²) in [5.41, 5.74) is 3.95. The first kappa shape index (κ1) is 15.3. The molecule has 2 aromatic carbocycles. The van der Waals surface area contributed by atoms with Crippen molar-refractivity contribution in [2.45, 2.75) is 26.7 Å². The lowest BCUT2D eigenvalue weighted by molar-refractivity contribution is 0.579. The minimum atomic E-state index is 0.428. The second kappa shape index (κ2) is 7.64. The molecule has 21 heavy (non-hydrogen) atoms. The van der Waals surface area contributed by atoms with Crippen LogP contribution < -0.4 is 0 Å².